The maximum atomic E-state index is 10.9. The van der Waals surface area contributed by atoms with Gasteiger partial charge in [-0.15, -0.1) is 0 Å². The smallest absolute Gasteiger partial charge is 0.303 e. The van der Waals surface area contributed by atoms with Crippen LogP contribution in [0.15, 0.2) is 4.52 Å². The molecule has 0 aliphatic rings. The summed E-state index contributed by atoms with van der Waals surface area (Å²) in [6.45, 7) is 0. The number of hydrogen-bond acceptors (Lipinski definition) is 6. The third kappa shape index (κ3) is 4.87. The largest absolute Gasteiger partial charge is 0.481 e. The Balaban J connectivity index is 2.49. The average molecular weight is 248 g/mol. The van der Waals surface area contributed by atoms with Crippen molar-refractivity contribution in [1.82, 2.24) is 10.1 Å². The second kappa shape index (κ2) is 5.06. The standard InChI is InChI=1S/C8H12N2O5S/c1-16(13,14)5-6-9-7(15-10-6)3-2-4-8(11)12/h2-5H2,1H3,(H,11,12). The number of rotatable bonds is 6. The molecule has 0 unspecified atom stereocenters. The number of aromatic nitrogens is 2. The van der Waals surface area contributed by atoms with E-state index in [0.29, 0.717) is 12.8 Å². The van der Waals surface area contributed by atoms with Crippen LogP contribution in [0, 0.1) is 0 Å². The molecular formula is C8H12N2O5S. The van der Waals surface area contributed by atoms with Crippen LogP contribution in [0.3, 0.4) is 0 Å². The van der Waals surface area contributed by atoms with Crippen LogP contribution in [-0.4, -0.2) is 35.9 Å². The highest BCUT2D eigenvalue weighted by molar-refractivity contribution is 7.89. The summed E-state index contributed by atoms with van der Waals surface area (Å²) in [6.07, 6.45) is 1.82. The van der Waals surface area contributed by atoms with E-state index in [1.807, 2.05) is 0 Å². The number of sulfone groups is 1. The van der Waals surface area contributed by atoms with Crippen LogP contribution in [0.4, 0.5) is 0 Å². The van der Waals surface area contributed by atoms with E-state index in [2.05, 4.69) is 10.1 Å². The van der Waals surface area contributed by atoms with Gasteiger partial charge in [0.25, 0.3) is 0 Å². The molecule has 1 N–H and O–H groups in total. The molecule has 0 spiro atoms. The van der Waals surface area contributed by atoms with Crippen molar-refractivity contribution in [3.8, 4) is 0 Å². The minimum atomic E-state index is -3.18. The first-order valence-electron chi connectivity index (χ1n) is 4.58. The van der Waals surface area contributed by atoms with Gasteiger partial charge in [-0.1, -0.05) is 5.16 Å². The summed E-state index contributed by atoms with van der Waals surface area (Å²) in [5, 5.41) is 11.9. The van der Waals surface area contributed by atoms with Gasteiger partial charge >= 0.3 is 5.97 Å². The number of hydrogen-bond donors (Lipinski definition) is 1. The number of carboxylic acid groups (broad SMARTS) is 1. The van der Waals surface area contributed by atoms with Gasteiger partial charge in [0.05, 0.1) is 0 Å². The molecule has 0 amide bonds. The van der Waals surface area contributed by atoms with E-state index in [4.69, 9.17) is 9.63 Å². The Morgan fingerprint density at radius 1 is 1.50 bits per heavy atom. The number of aliphatic carboxylic acids is 1. The molecule has 0 aromatic carbocycles. The van der Waals surface area contributed by atoms with Crippen molar-refractivity contribution in [3.05, 3.63) is 11.7 Å². The van der Waals surface area contributed by atoms with Gasteiger partial charge in [0.15, 0.2) is 15.7 Å². The number of nitrogens with zero attached hydrogens (tertiary/aromatic N) is 2. The topological polar surface area (TPSA) is 110 Å². The predicted molar refractivity (Wildman–Crippen MR) is 53.4 cm³/mol. The predicted octanol–water partition coefficient (Wildman–Crippen LogP) is 0.0215. The molecule has 0 radical (unpaired) electrons. The number of carboxylic acids is 1. The maximum Gasteiger partial charge on any atom is 0.303 e. The molecule has 1 aromatic heterocycles. The molecule has 90 valence electrons. The van der Waals surface area contributed by atoms with Crippen LogP contribution in [0.5, 0.6) is 0 Å². The first-order valence-corrected chi connectivity index (χ1v) is 6.64. The molecule has 0 aliphatic heterocycles. The lowest BCUT2D eigenvalue weighted by Gasteiger charge is -1.91. The monoisotopic (exact) mass is 248 g/mol. The van der Waals surface area contributed by atoms with Crippen molar-refractivity contribution in [1.29, 1.82) is 0 Å². The van der Waals surface area contributed by atoms with Crippen LogP contribution >= 0.6 is 0 Å². The Morgan fingerprint density at radius 2 is 2.19 bits per heavy atom. The molecule has 0 atom stereocenters. The number of carbonyl (C=O) groups is 1. The van der Waals surface area contributed by atoms with Crippen LogP contribution in [0.25, 0.3) is 0 Å². The van der Waals surface area contributed by atoms with Gasteiger partial charge in [0, 0.05) is 19.1 Å². The molecule has 1 aromatic rings. The lowest BCUT2D eigenvalue weighted by molar-refractivity contribution is -0.137. The van der Waals surface area contributed by atoms with Crippen molar-refractivity contribution in [2.45, 2.75) is 25.0 Å². The van der Waals surface area contributed by atoms with Gasteiger partial charge < -0.3 is 9.63 Å². The second-order valence-electron chi connectivity index (χ2n) is 3.42. The van der Waals surface area contributed by atoms with Crippen molar-refractivity contribution in [3.63, 3.8) is 0 Å². The summed E-state index contributed by atoms with van der Waals surface area (Å²) in [4.78, 5) is 14.1. The molecule has 16 heavy (non-hydrogen) atoms. The quantitative estimate of drug-likeness (QED) is 0.755. The normalized spacial score (nSPS) is 11.6. The van der Waals surface area contributed by atoms with Crippen molar-refractivity contribution in [2.75, 3.05) is 6.26 Å². The molecule has 7 nitrogen and oxygen atoms in total. The van der Waals surface area contributed by atoms with Gasteiger partial charge in [-0.05, 0) is 6.42 Å². The van der Waals surface area contributed by atoms with Gasteiger partial charge in [-0.25, -0.2) is 8.42 Å². The zero-order valence-electron chi connectivity index (χ0n) is 8.71. The first kappa shape index (κ1) is 12.6. The fourth-order valence-corrected chi connectivity index (χ4v) is 1.66. The Morgan fingerprint density at radius 3 is 2.75 bits per heavy atom. The second-order valence-corrected chi connectivity index (χ2v) is 5.56. The van der Waals surface area contributed by atoms with Crippen molar-refractivity contribution >= 4 is 15.8 Å². The summed E-state index contributed by atoms with van der Waals surface area (Å²) in [7, 11) is -3.18. The summed E-state index contributed by atoms with van der Waals surface area (Å²) in [5.41, 5.74) is 0. The van der Waals surface area contributed by atoms with Crippen molar-refractivity contribution < 1.29 is 22.8 Å². The van der Waals surface area contributed by atoms with Crippen LogP contribution in [-0.2, 0) is 26.8 Å². The molecule has 1 heterocycles. The first-order chi connectivity index (χ1) is 7.37. The van der Waals surface area contributed by atoms with Gasteiger partial charge in [-0.3, -0.25) is 4.79 Å². The lowest BCUT2D eigenvalue weighted by Crippen LogP contribution is -2.02. The minimum Gasteiger partial charge on any atom is -0.481 e. The fourth-order valence-electron chi connectivity index (χ4n) is 1.08. The van der Waals surface area contributed by atoms with Gasteiger partial charge in [-0.2, -0.15) is 4.98 Å². The number of aryl methyl sites for hydroxylation is 1. The Kier molecular flexibility index (Phi) is 3.99. The zero-order chi connectivity index (χ0) is 12.2. The third-order valence-corrected chi connectivity index (χ3v) is 2.47. The van der Waals surface area contributed by atoms with E-state index in [0.717, 1.165) is 6.26 Å². The highest BCUT2D eigenvalue weighted by atomic mass is 32.2. The van der Waals surface area contributed by atoms with E-state index in [1.165, 1.54) is 0 Å². The molecule has 0 saturated carbocycles. The van der Waals surface area contributed by atoms with Gasteiger partial charge in [0.2, 0.25) is 5.89 Å². The van der Waals surface area contributed by atoms with Crippen LogP contribution < -0.4 is 0 Å². The van der Waals surface area contributed by atoms with E-state index in [9.17, 15) is 13.2 Å². The Bertz CT molecular complexity index is 465. The highest BCUT2D eigenvalue weighted by Gasteiger charge is 2.12. The van der Waals surface area contributed by atoms with E-state index in [1.54, 1.807) is 0 Å². The molecule has 1 rings (SSSR count). The van der Waals surface area contributed by atoms with E-state index < -0.39 is 15.8 Å². The molecule has 8 heteroatoms. The Labute approximate surface area is 92.4 Å². The van der Waals surface area contributed by atoms with E-state index >= 15 is 0 Å². The summed E-state index contributed by atoms with van der Waals surface area (Å²) in [5.74, 6) is -0.793. The van der Waals surface area contributed by atoms with Crippen LogP contribution in [0.1, 0.15) is 24.6 Å². The summed E-state index contributed by atoms with van der Waals surface area (Å²) >= 11 is 0. The fraction of sp³-hybridized carbons (Fsp3) is 0.625. The van der Waals surface area contributed by atoms with Crippen molar-refractivity contribution in [2.24, 2.45) is 0 Å². The summed E-state index contributed by atoms with van der Waals surface area (Å²) < 4.78 is 26.6. The highest BCUT2D eigenvalue weighted by Crippen LogP contribution is 2.05. The maximum absolute atomic E-state index is 10.9. The molecular weight excluding hydrogens is 236 g/mol. The molecule has 0 saturated heterocycles. The Hall–Kier alpha value is -1.44. The molecule has 0 fully saturated rings. The third-order valence-electron chi connectivity index (χ3n) is 1.68. The minimum absolute atomic E-state index is 0.0176. The molecule has 0 bridgehead atoms. The molecule has 0 aliphatic carbocycles. The summed E-state index contributed by atoms with van der Waals surface area (Å²) in [6, 6.07) is 0. The van der Waals surface area contributed by atoms with Gasteiger partial charge in [0.1, 0.15) is 5.75 Å². The average Bonchev–Trinajstić information content (AvgIpc) is 2.48. The SMILES string of the molecule is CS(=O)(=O)Cc1noc(CCCC(=O)O)n1. The lowest BCUT2D eigenvalue weighted by atomic mass is 10.2. The zero-order valence-corrected chi connectivity index (χ0v) is 9.53. The van der Waals surface area contributed by atoms with Crippen LogP contribution in [0.2, 0.25) is 0 Å². The van der Waals surface area contributed by atoms with E-state index in [-0.39, 0.29) is 23.9 Å².